The number of methoxy groups -OCH3 is 2. The van der Waals surface area contributed by atoms with Gasteiger partial charge in [-0.15, -0.1) is 0 Å². The second kappa shape index (κ2) is 8.74. The zero-order valence-corrected chi connectivity index (χ0v) is 15.9. The highest BCUT2D eigenvalue weighted by atomic mass is 19.1. The number of halogens is 1. The van der Waals surface area contributed by atoms with Gasteiger partial charge in [-0.2, -0.15) is 0 Å². The molecule has 0 amide bonds. The molecule has 0 saturated carbocycles. The Bertz CT molecular complexity index is 977. The zero-order chi connectivity index (χ0) is 21.0. The Morgan fingerprint density at radius 1 is 1.17 bits per heavy atom. The number of carboxylic acid groups (broad SMARTS) is 1. The second-order valence-electron chi connectivity index (χ2n) is 6.33. The molecule has 152 valence electrons. The Labute approximate surface area is 166 Å². The number of rotatable bonds is 8. The minimum Gasteiger partial charge on any atom is -0.496 e. The number of aliphatic hydroxyl groups is 1. The van der Waals surface area contributed by atoms with E-state index in [1.807, 2.05) is 0 Å². The Morgan fingerprint density at radius 3 is 2.38 bits per heavy atom. The second-order valence-corrected chi connectivity index (χ2v) is 6.33. The van der Waals surface area contributed by atoms with Crippen molar-refractivity contribution in [3.63, 3.8) is 0 Å². The summed E-state index contributed by atoms with van der Waals surface area (Å²) < 4.78 is 30.7. The summed E-state index contributed by atoms with van der Waals surface area (Å²) in [5.74, 6) is -1.45. The summed E-state index contributed by atoms with van der Waals surface area (Å²) >= 11 is 0. The van der Waals surface area contributed by atoms with Crippen molar-refractivity contribution >= 4 is 5.97 Å². The quantitative estimate of drug-likeness (QED) is 0.595. The predicted molar refractivity (Wildman–Crippen MR) is 101 cm³/mol. The summed E-state index contributed by atoms with van der Waals surface area (Å²) in [6, 6.07) is 7.47. The Hall–Kier alpha value is -3.39. The Kier molecular flexibility index (Phi) is 6.13. The molecule has 8 heteroatoms. The highest BCUT2D eigenvalue weighted by Crippen LogP contribution is 2.41. The van der Waals surface area contributed by atoms with Crippen molar-refractivity contribution in [2.24, 2.45) is 0 Å². The van der Waals surface area contributed by atoms with Crippen LogP contribution >= 0.6 is 0 Å². The lowest BCUT2D eigenvalue weighted by atomic mass is 9.91. The van der Waals surface area contributed by atoms with E-state index in [1.54, 1.807) is 18.2 Å². The first-order valence-corrected chi connectivity index (χ1v) is 8.74. The molecule has 1 unspecified atom stereocenters. The molecule has 1 aromatic heterocycles. The number of hydrogen-bond acceptors (Lipinski definition) is 6. The molecular weight excluding hydrogens is 381 g/mol. The minimum absolute atomic E-state index is 0.179. The molecule has 0 spiro atoms. The van der Waals surface area contributed by atoms with Crippen LogP contribution in [0.2, 0.25) is 0 Å². The fourth-order valence-corrected chi connectivity index (χ4v) is 3.23. The molecule has 1 atom stereocenters. The number of aliphatic hydroxyl groups excluding tert-OH is 1. The van der Waals surface area contributed by atoms with Crippen molar-refractivity contribution in [1.29, 1.82) is 0 Å². The summed E-state index contributed by atoms with van der Waals surface area (Å²) in [5, 5.41) is 18.7. The molecule has 0 bridgehead atoms. The number of ether oxygens (including phenoxy) is 2. The predicted octanol–water partition coefficient (Wildman–Crippen LogP) is 3.60. The van der Waals surface area contributed by atoms with E-state index in [1.165, 1.54) is 38.8 Å². The molecular formula is C21H20FNO6. The van der Waals surface area contributed by atoms with Crippen molar-refractivity contribution in [2.45, 2.75) is 18.9 Å². The van der Waals surface area contributed by atoms with Crippen molar-refractivity contribution in [1.82, 2.24) is 4.98 Å². The number of aliphatic carboxylic acids is 1. The largest absolute Gasteiger partial charge is 0.496 e. The lowest BCUT2D eigenvalue weighted by Crippen LogP contribution is -2.09. The molecule has 1 heterocycles. The molecule has 2 N–H and O–H groups in total. The van der Waals surface area contributed by atoms with Gasteiger partial charge in [0.2, 0.25) is 5.89 Å². The molecule has 0 fully saturated rings. The van der Waals surface area contributed by atoms with E-state index in [0.717, 1.165) is 0 Å². The fourth-order valence-electron chi connectivity index (χ4n) is 3.23. The first-order chi connectivity index (χ1) is 14.0. The molecule has 0 aliphatic heterocycles. The SMILES string of the molecule is COc1cc(CO)cc(OC)c1-c1cc(F)cc(C(CC(=O)O)c2ncco2)c1. The van der Waals surface area contributed by atoms with Crippen LogP contribution in [0.1, 0.15) is 29.4 Å². The first kappa shape index (κ1) is 20.3. The van der Waals surface area contributed by atoms with Gasteiger partial charge in [0.15, 0.2) is 0 Å². The summed E-state index contributed by atoms with van der Waals surface area (Å²) in [6.07, 6.45) is 2.43. The maximum Gasteiger partial charge on any atom is 0.304 e. The van der Waals surface area contributed by atoms with Gasteiger partial charge < -0.3 is 24.1 Å². The third-order valence-electron chi connectivity index (χ3n) is 4.49. The third-order valence-corrected chi connectivity index (χ3v) is 4.49. The normalized spacial score (nSPS) is 11.9. The van der Waals surface area contributed by atoms with Crippen molar-refractivity contribution < 1.29 is 33.3 Å². The maximum absolute atomic E-state index is 14.5. The summed E-state index contributed by atoms with van der Waals surface area (Å²) in [4.78, 5) is 15.4. The average Bonchev–Trinajstić information content (AvgIpc) is 3.24. The molecule has 7 nitrogen and oxygen atoms in total. The lowest BCUT2D eigenvalue weighted by molar-refractivity contribution is -0.137. The van der Waals surface area contributed by atoms with Crippen molar-refractivity contribution in [2.75, 3.05) is 14.2 Å². The fraction of sp³-hybridized carbons (Fsp3) is 0.238. The Balaban J connectivity index is 2.18. The topological polar surface area (TPSA) is 102 Å². The molecule has 3 rings (SSSR count). The first-order valence-electron chi connectivity index (χ1n) is 8.74. The number of nitrogens with zero attached hydrogens (tertiary/aromatic N) is 1. The van der Waals surface area contributed by atoms with E-state index in [-0.39, 0.29) is 18.9 Å². The number of carboxylic acids is 1. The van der Waals surface area contributed by atoms with Gasteiger partial charge >= 0.3 is 5.97 Å². The van der Waals surface area contributed by atoms with Crippen LogP contribution in [0.5, 0.6) is 11.5 Å². The highest BCUT2D eigenvalue weighted by molar-refractivity contribution is 5.78. The van der Waals surface area contributed by atoms with E-state index >= 15 is 0 Å². The van der Waals surface area contributed by atoms with E-state index < -0.39 is 17.7 Å². The molecule has 3 aromatic rings. The van der Waals surface area contributed by atoms with Crippen LogP contribution in [0.25, 0.3) is 11.1 Å². The van der Waals surface area contributed by atoms with Gasteiger partial charge in [0, 0.05) is 0 Å². The molecule has 0 aliphatic carbocycles. The summed E-state index contributed by atoms with van der Waals surface area (Å²) in [6.45, 7) is -0.216. The van der Waals surface area contributed by atoms with Crippen LogP contribution in [0.4, 0.5) is 4.39 Å². The van der Waals surface area contributed by atoms with Crippen LogP contribution in [0.15, 0.2) is 47.2 Å². The van der Waals surface area contributed by atoms with Crippen molar-refractivity contribution in [3.05, 3.63) is 65.6 Å². The van der Waals surface area contributed by atoms with Crippen molar-refractivity contribution in [3.8, 4) is 22.6 Å². The number of oxazole rings is 1. The van der Waals surface area contributed by atoms with Crippen LogP contribution < -0.4 is 9.47 Å². The maximum atomic E-state index is 14.5. The number of hydrogen-bond donors (Lipinski definition) is 2. The van der Waals surface area contributed by atoms with E-state index in [4.69, 9.17) is 13.9 Å². The minimum atomic E-state index is -1.07. The van der Waals surface area contributed by atoms with E-state index in [9.17, 15) is 19.4 Å². The highest BCUT2D eigenvalue weighted by Gasteiger charge is 2.24. The molecule has 2 aromatic carbocycles. The van der Waals surface area contributed by atoms with Gasteiger partial charge in [-0.05, 0) is 47.0 Å². The standard InChI is InChI=1S/C21H20FNO6/c1-27-17-5-12(11-24)6-18(28-2)20(17)14-7-13(8-15(22)9-14)16(10-19(25)26)21-23-3-4-29-21/h3-9,16,24H,10-11H2,1-2H3,(H,25,26). The van der Waals surface area contributed by atoms with Crippen LogP contribution in [-0.2, 0) is 11.4 Å². The molecule has 0 radical (unpaired) electrons. The molecule has 29 heavy (non-hydrogen) atoms. The monoisotopic (exact) mass is 401 g/mol. The van der Waals surface area contributed by atoms with Crippen LogP contribution in [-0.4, -0.2) is 35.4 Å². The number of carbonyl (C=O) groups is 1. The zero-order valence-electron chi connectivity index (χ0n) is 15.9. The van der Waals surface area contributed by atoms with Gasteiger partial charge in [-0.25, -0.2) is 9.37 Å². The average molecular weight is 401 g/mol. The van der Waals surface area contributed by atoms with E-state index in [2.05, 4.69) is 4.98 Å². The van der Waals surface area contributed by atoms with Crippen LogP contribution in [0, 0.1) is 5.82 Å². The number of aromatic nitrogens is 1. The summed E-state index contributed by atoms with van der Waals surface area (Å²) in [5.41, 5.74) is 1.87. The van der Waals surface area contributed by atoms with E-state index in [0.29, 0.717) is 33.8 Å². The van der Waals surface area contributed by atoms with Crippen LogP contribution in [0.3, 0.4) is 0 Å². The lowest BCUT2D eigenvalue weighted by Gasteiger charge is -2.18. The molecule has 0 saturated heterocycles. The molecule has 0 aliphatic rings. The van der Waals surface area contributed by atoms with Gasteiger partial charge in [0.1, 0.15) is 23.6 Å². The van der Waals surface area contributed by atoms with Gasteiger partial charge in [-0.1, -0.05) is 0 Å². The van der Waals surface area contributed by atoms with Gasteiger partial charge in [0.05, 0.1) is 44.9 Å². The Morgan fingerprint density at radius 2 is 1.86 bits per heavy atom. The summed E-state index contributed by atoms with van der Waals surface area (Å²) in [7, 11) is 2.92. The number of benzene rings is 2. The van der Waals surface area contributed by atoms with Gasteiger partial charge in [0.25, 0.3) is 0 Å². The third kappa shape index (κ3) is 4.38. The smallest absolute Gasteiger partial charge is 0.304 e. The van der Waals surface area contributed by atoms with Gasteiger partial charge in [-0.3, -0.25) is 4.79 Å².